The predicted molar refractivity (Wildman–Crippen MR) is 157 cm³/mol. The van der Waals surface area contributed by atoms with Crippen molar-refractivity contribution in [3.8, 4) is 11.1 Å². The fraction of sp³-hybridized carbons (Fsp3) is 0.152. The summed E-state index contributed by atoms with van der Waals surface area (Å²) in [5, 5.41) is 13.4. The van der Waals surface area contributed by atoms with Crippen LogP contribution in [0.15, 0.2) is 104 Å². The Hall–Kier alpha value is -5.24. The molecule has 0 aliphatic heterocycles. The van der Waals surface area contributed by atoms with E-state index < -0.39 is 5.97 Å². The van der Waals surface area contributed by atoms with Crippen molar-refractivity contribution < 1.29 is 19.5 Å². The Labute approximate surface area is 237 Å². The van der Waals surface area contributed by atoms with E-state index in [0.29, 0.717) is 41.8 Å². The van der Waals surface area contributed by atoms with Gasteiger partial charge in [-0.15, -0.1) is 0 Å². The van der Waals surface area contributed by atoms with Crippen LogP contribution in [0.5, 0.6) is 0 Å². The van der Waals surface area contributed by atoms with Crippen LogP contribution < -0.4 is 5.32 Å². The maximum Gasteiger partial charge on any atom is 0.305 e. The zero-order chi connectivity index (χ0) is 28.6. The molecule has 2 heterocycles. The Bertz CT molecular complexity index is 1680. The van der Waals surface area contributed by atoms with Crippen molar-refractivity contribution in [2.24, 2.45) is 0 Å². The van der Waals surface area contributed by atoms with Crippen molar-refractivity contribution in [1.82, 2.24) is 20.2 Å². The minimum atomic E-state index is -0.973. The van der Waals surface area contributed by atoms with Crippen LogP contribution >= 0.6 is 0 Å². The Kier molecular flexibility index (Phi) is 8.49. The highest BCUT2D eigenvalue weighted by Crippen LogP contribution is 2.29. The molecular weight excluding hydrogens is 516 g/mol. The molecule has 0 aliphatic carbocycles. The van der Waals surface area contributed by atoms with Crippen molar-refractivity contribution in [3.05, 3.63) is 126 Å². The van der Waals surface area contributed by atoms with Crippen LogP contribution in [0.1, 0.15) is 38.3 Å². The standard InChI is InChI=1S/C33H30N4O4/c38-31(39)16-20-37(19-15-24-22-35-30-12-6-5-7-25(24)30)33(41)29-11-4-2-9-27(29)26-8-1-3-10-28(26)32(40)36-21-23-13-17-34-18-14-23/h1-14,17-18,22,35H,15-16,19-21H2,(H,36,40)(H,38,39). The molecule has 206 valence electrons. The fourth-order valence-electron chi connectivity index (χ4n) is 4.91. The van der Waals surface area contributed by atoms with E-state index >= 15 is 0 Å². The maximum absolute atomic E-state index is 14.0. The summed E-state index contributed by atoms with van der Waals surface area (Å²) in [6.07, 6.45) is 5.67. The smallest absolute Gasteiger partial charge is 0.305 e. The van der Waals surface area contributed by atoms with Crippen LogP contribution in [-0.4, -0.2) is 50.8 Å². The van der Waals surface area contributed by atoms with Gasteiger partial charge in [-0.2, -0.15) is 0 Å². The molecule has 0 aliphatic rings. The molecule has 8 heteroatoms. The monoisotopic (exact) mass is 546 g/mol. The van der Waals surface area contributed by atoms with E-state index in [1.165, 1.54) is 0 Å². The number of hydrogen-bond donors (Lipinski definition) is 3. The molecular formula is C33H30N4O4. The Balaban J connectivity index is 1.41. The number of carboxylic acid groups (broad SMARTS) is 1. The molecule has 0 fully saturated rings. The minimum Gasteiger partial charge on any atom is -0.481 e. The van der Waals surface area contributed by atoms with Crippen LogP contribution in [0.2, 0.25) is 0 Å². The first kappa shape index (κ1) is 27.3. The van der Waals surface area contributed by atoms with E-state index in [2.05, 4.69) is 15.3 Å². The molecule has 8 nitrogen and oxygen atoms in total. The summed E-state index contributed by atoms with van der Waals surface area (Å²) in [5.74, 6) is -1.52. The van der Waals surface area contributed by atoms with E-state index in [0.717, 1.165) is 22.0 Å². The number of carbonyl (C=O) groups is 3. The zero-order valence-corrected chi connectivity index (χ0v) is 22.4. The summed E-state index contributed by atoms with van der Waals surface area (Å²) in [5.41, 5.74) is 5.07. The first-order valence-electron chi connectivity index (χ1n) is 13.4. The number of pyridine rings is 1. The lowest BCUT2D eigenvalue weighted by Crippen LogP contribution is -2.35. The van der Waals surface area contributed by atoms with Gasteiger partial charge in [0, 0.05) is 60.3 Å². The molecule has 3 aromatic carbocycles. The molecule has 0 saturated heterocycles. The third kappa shape index (κ3) is 6.50. The predicted octanol–water partition coefficient (Wildman–Crippen LogP) is 5.32. The normalized spacial score (nSPS) is 10.8. The number of H-pyrrole nitrogens is 1. The van der Waals surface area contributed by atoms with E-state index in [1.54, 1.807) is 41.6 Å². The highest BCUT2D eigenvalue weighted by atomic mass is 16.4. The first-order valence-corrected chi connectivity index (χ1v) is 13.4. The van der Waals surface area contributed by atoms with Crippen molar-refractivity contribution in [2.75, 3.05) is 13.1 Å². The lowest BCUT2D eigenvalue weighted by atomic mass is 9.94. The Morgan fingerprint density at radius 3 is 2.22 bits per heavy atom. The number of carbonyl (C=O) groups excluding carboxylic acids is 2. The number of para-hydroxylation sites is 1. The lowest BCUT2D eigenvalue weighted by molar-refractivity contribution is -0.137. The first-order chi connectivity index (χ1) is 20.0. The van der Waals surface area contributed by atoms with E-state index in [9.17, 15) is 19.5 Å². The van der Waals surface area contributed by atoms with Crippen LogP contribution in [0, 0.1) is 0 Å². The highest BCUT2D eigenvalue weighted by molar-refractivity contribution is 6.06. The van der Waals surface area contributed by atoms with E-state index in [4.69, 9.17) is 0 Å². The Morgan fingerprint density at radius 1 is 0.805 bits per heavy atom. The summed E-state index contributed by atoms with van der Waals surface area (Å²) >= 11 is 0. The van der Waals surface area contributed by atoms with Gasteiger partial charge >= 0.3 is 5.97 Å². The number of amides is 2. The molecule has 5 rings (SSSR count). The molecule has 2 amide bonds. The average molecular weight is 547 g/mol. The number of benzene rings is 3. The number of hydrogen-bond acceptors (Lipinski definition) is 4. The molecule has 41 heavy (non-hydrogen) atoms. The molecule has 2 aromatic heterocycles. The number of aliphatic carboxylic acids is 1. The van der Waals surface area contributed by atoms with Gasteiger partial charge in [-0.1, -0.05) is 54.6 Å². The quantitative estimate of drug-likeness (QED) is 0.207. The number of rotatable bonds is 11. The van der Waals surface area contributed by atoms with Gasteiger partial charge in [-0.05, 0) is 59.0 Å². The van der Waals surface area contributed by atoms with Crippen molar-refractivity contribution >= 4 is 28.7 Å². The number of nitrogens with zero attached hydrogens (tertiary/aromatic N) is 2. The summed E-state index contributed by atoms with van der Waals surface area (Å²) < 4.78 is 0. The highest BCUT2D eigenvalue weighted by Gasteiger charge is 2.23. The number of aromatic amines is 1. The van der Waals surface area contributed by atoms with Gasteiger partial charge < -0.3 is 20.3 Å². The zero-order valence-electron chi connectivity index (χ0n) is 22.4. The second kappa shape index (κ2) is 12.7. The minimum absolute atomic E-state index is 0.0684. The van der Waals surface area contributed by atoms with Gasteiger partial charge in [0.1, 0.15) is 0 Å². The molecule has 0 atom stereocenters. The summed E-state index contributed by atoms with van der Waals surface area (Å²) in [6.45, 7) is 0.752. The van der Waals surface area contributed by atoms with Crippen LogP contribution in [0.4, 0.5) is 0 Å². The molecule has 0 unspecified atom stereocenters. The molecule has 5 aromatic rings. The summed E-state index contributed by atoms with van der Waals surface area (Å²) in [6, 6.07) is 25.9. The van der Waals surface area contributed by atoms with Crippen molar-refractivity contribution in [3.63, 3.8) is 0 Å². The third-order valence-electron chi connectivity index (χ3n) is 7.03. The summed E-state index contributed by atoms with van der Waals surface area (Å²) in [4.78, 5) is 47.5. The van der Waals surface area contributed by atoms with E-state index in [1.807, 2.05) is 66.9 Å². The SMILES string of the molecule is O=C(O)CCN(CCc1c[nH]c2ccccc12)C(=O)c1ccccc1-c1ccccc1C(=O)NCc1ccncc1. The van der Waals surface area contributed by atoms with Gasteiger partial charge in [-0.3, -0.25) is 19.4 Å². The van der Waals surface area contributed by atoms with Crippen LogP contribution in [0.25, 0.3) is 22.0 Å². The molecule has 0 bridgehead atoms. The number of nitrogens with one attached hydrogen (secondary N) is 2. The molecule has 0 saturated carbocycles. The van der Waals surface area contributed by atoms with Gasteiger partial charge in [-0.25, -0.2) is 0 Å². The Morgan fingerprint density at radius 2 is 1.46 bits per heavy atom. The number of aromatic nitrogens is 2. The van der Waals surface area contributed by atoms with Crippen molar-refractivity contribution in [1.29, 1.82) is 0 Å². The largest absolute Gasteiger partial charge is 0.481 e. The van der Waals surface area contributed by atoms with Gasteiger partial charge in [0.15, 0.2) is 0 Å². The number of fused-ring (bicyclic) bond motifs is 1. The third-order valence-corrected chi connectivity index (χ3v) is 7.03. The lowest BCUT2D eigenvalue weighted by Gasteiger charge is -2.24. The van der Waals surface area contributed by atoms with E-state index in [-0.39, 0.29) is 24.8 Å². The second-order valence-corrected chi connectivity index (χ2v) is 9.67. The second-order valence-electron chi connectivity index (χ2n) is 9.67. The van der Waals surface area contributed by atoms with Gasteiger partial charge in [0.2, 0.25) is 0 Å². The molecule has 0 spiro atoms. The molecule has 0 radical (unpaired) electrons. The topological polar surface area (TPSA) is 115 Å². The van der Waals surface area contributed by atoms with Crippen LogP contribution in [0.3, 0.4) is 0 Å². The number of carboxylic acids is 1. The van der Waals surface area contributed by atoms with Crippen molar-refractivity contribution in [2.45, 2.75) is 19.4 Å². The maximum atomic E-state index is 14.0. The fourth-order valence-corrected chi connectivity index (χ4v) is 4.91. The van der Waals surface area contributed by atoms with Gasteiger partial charge in [0.25, 0.3) is 11.8 Å². The summed E-state index contributed by atoms with van der Waals surface area (Å²) in [7, 11) is 0. The van der Waals surface area contributed by atoms with Crippen LogP contribution in [-0.2, 0) is 17.8 Å². The molecule has 3 N–H and O–H groups in total. The van der Waals surface area contributed by atoms with Gasteiger partial charge in [0.05, 0.1) is 6.42 Å². The average Bonchev–Trinajstić information content (AvgIpc) is 3.43.